The summed E-state index contributed by atoms with van der Waals surface area (Å²) in [5.74, 6) is -0.859. The van der Waals surface area contributed by atoms with E-state index in [1.54, 1.807) is 0 Å². The van der Waals surface area contributed by atoms with Crippen LogP contribution >= 0.6 is 0 Å². The molecule has 0 saturated heterocycles. The average Bonchev–Trinajstić information content (AvgIpc) is 3.15. The Labute approximate surface area is 164 Å². The van der Waals surface area contributed by atoms with E-state index in [0.29, 0.717) is 0 Å². The summed E-state index contributed by atoms with van der Waals surface area (Å²) >= 11 is 0. The summed E-state index contributed by atoms with van der Waals surface area (Å²) < 4.78 is 35.6. The van der Waals surface area contributed by atoms with Gasteiger partial charge in [-0.05, 0) is 28.0 Å². The van der Waals surface area contributed by atoms with Crippen molar-refractivity contribution in [2.24, 2.45) is 5.73 Å². The minimum Gasteiger partial charge on any atom is -0.369 e. The molecule has 1 fully saturated rings. The number of nitrogens with zero attached hydrogens (tertiary/aromatic N) is 1. The first-order valence-corrected chi connectivity index (χ1v) is 10.9. The molecule has 0 bridgehead atoms. The summed E-state index contributed by atoms with van der Waals surface area (Å²) in [6.07, 6.45) is 0. The van der Waals surface area contributed by atoms with Gasteiger partial charge in [0.1, 0.15) is 5.25 Å². The molecular weight excluding hydrogens is 372 g/mol. The van der Waals surface area contributed by atoms with E-state index in [-0.39, 0.29) is 12.0 Å². The zero-order chi connectivity index (χ0) is 19.6. The van der Waals surface area contributed by atoms with Crippen LogP contribution in [0.25, 0.3) is 10.8 Å². The van der Waals surface area contributed by atoms with E-state index in [1.807, 2.05) is 73.8 Å². The molecule has 1 saturated carbocycles. The minimum absolute atomic E-state index is 0.187. The van der Waals surface area contributed by atoms with Gasteiger partial charge < -0.3 is 10.6 Å². The number of fused-ring (bicyclic) bond motifs is 4. The molecule has 144 valence electrons. The Morgan fingerprint density at radius 3 is 2.32 bits per heavy atom. The highest BCUT2D eigenvalue weighted by atomic mass is 32.2. The molecule has 0 amide bonds. The van der Waals surface area contributed by atoms with Gasteiger partial charge in [0.15, 0.2) is 0 Å². The van der Waals surface area contributed by atoms with Crippen molar-refractivity contribution in [1.82, 2.24) is 0 Å². The molecule has 6 heteroatoms. The maximum absolute atomic E-state index is 12.6. The number of benzene rings is 3. The molecule has 3 N–H and O–H groups in total. The fourth-order valence-corrected chi connectivity index (χ4v) is 6.87. The third-order valence-electron chi connectivity index (χ3n) is 6.53. The summed E-state index contributed by atoms with van der Waals surface area (Å²) in [6, 6.07) is 20.9. The summed E-state index contributed by atoms with van der Waals surface area (Å²) in [5.41, 5.74) is 9.53. The molecule has 1 aliphatic carbocycles. The van der Waals surface area contributed by atoms with Crippen molar-refractivity contribution in [2.45, 2.75) is 29.2 Å². The van der Waals surface area contributed by atoms with E-state index in [4.69, 9.17) is 5.73 Å². The van der Waals surface area contributed by atoms with Crippen LogP contribution in [0.4, 0.5) is 5.69 Å². The van der Waals surface area contributed by atoms with Crippen molar-refractivity contribution in [1.29, 1.82) is 0 Å². The fraction of sp³-hybridized carbons (Fsp3) is 0.273. The molecule has 28 heavy (non-hydrogen) atoms. The first kappa shape index (κ1) is 17.7. The van der Waals surface area contributed by atoms with Gasteiger partial charge in [0.05, 0.1) is 6.04 Å². The van der Waals surface area contributed by atoms with Gasteiger partial charge in [-0.15, -0.1) is 0 Å². The third kappa shape index (κ3) is 2.35. The van der Waals surface area contributed by atoms with Gasteiger partial charge in [0.2, 0.25) is 0 Å². The van der Waals surface area contributed by atoms with Crippen LogP contribution in [-0.2, 0) is 10.1 Å². The molecule has 1 heterocycles. The third-order valence-corrected chi connectivity index (χ3v) is 7.81. The van der Waals surface area contributed by atoms with Crippen LogP contribution in [0.2, 0.25) is 0 Å². The zero-order valence-corrected chi connectivity index (χ0v) is 16.3. The van der Waals surface area contributed by atoms with E-state index in [0.717, 1.165) is 27.6 Å². The maximum Gasteiger partial charge on any atom is 0.269 e. The van der Waals surface area contributed by atoms with Crippen molar-refractivity contribution in [3.8, 4) is 0 Å². The van der Waals surface area contributed by atoms with Crippen molar-refractivity contribution >= 4 is 26.6 Å². The van der Waals surface area contributed by atoms with E-state index < -0.39 is 27.3 Å². The molecule has 0 spiro atoms. The number of rotatable bonds is 2. The van der Waals surface area contributed by atoms with Crippen molar-refractivity contribution in [3.05, 3.63) is 77.9 Å². The number of para-hydroxylation sites is 1. The Bertz CT molecular complexity index is 1170. The van der Waals surface area contributed by atoms with Crippen molar-refractivity contribution in [2.75, 3.05) is 11.9 Å². The van der Waals surface area contributed by atoms with E-state index in [2.05, 4.69) is 4.90 Å². The lowest BCUT2D eigenvalue weighted by Gasteiger charge is -2.29. The van der Waals surface area contributed by atoms with Gasteiger partial charge in [-0.3, -0.25) is 4.55 Å². The van der Waals surface area contributed by atoms with Gasteiger partial charge in [0.25, 0.3) is 10.1 Å². The van der Waals surface area contributed by atoms with E-state index in [1.165, 1.54) is 0 Å². The zero-order valence-electron chi connectivity index (χ0n) is 15.4. The quantitative estimate of drug-likeness (QED) is 0.653. The smallest absolute Gasteiger partial charge is 0.269 e. The van der Waals surface area contributed by atoms with Crippen LogP contribution in [0.15, 0.2) is 66.7 Å². The first-order chi connectivity index (χ1) is 13.4. The van der Waals surface area contributed by atoms with Crippen LogP contribution in [0, 0.1) is 0 Å². The lowest BCUT2D eigenvalue weighted by Crippen LogP contribution is -2.44. The second-order valence-corrected chi connectivity index (χ2v) is 9.41. The van der Waals surface area contributed by atoms with Gasteiger partial charge in [-0.25, -0.2) is 0 Å². The highest BCUT2D eigenvalue weighted by Gasteiger charge is 2.60. The molecule has 0 radical (unpaired) electrons. The molecule has 5 rings (SSSR count). The molecule has 5 nitrogen and oxygen atoms in total. The Hall–Kier alpha value is -2.41. The SMILES string of the molecule is CN1c2ccccc2C2C1C(N)C(c1cccc3ccccc13)C2S(=O)(=O)O. The predicted octanol–water partition coefficient (Wildman–Crippen LogP) is 3.12. The number of nitrogens with two attached hydrogens (primary N) is 1. The van der Waals surface area contributed by atoms with Crippen LogP contribution < -0.4 is 10.6 Å². The molecular formula is C22H22N2O3S. The summed E-state index contributed by atoms with van der Waals surface area (Å²) in [4.78, 5) is 2.08. The number of anilines is 1. The van der Waals surface area contributed by atoms with Crippen LogP contribution in [0.5, 0.6) is 0 Å². The molecule has 2 aliphatic rings. The Morgan fingerprint density at radius 2 is 1.54 bits per heavy atom. The lowest BCUT2D eigenvalue weighted by atomic mass is 9.88. The largest absolute Gasteiger partial charge is 0.369 e. The highest BCUT2D eigenvalue weighted by Crippen LogP contribution is 2.55. The number of likely N-dealkylation sites (N-methyl/N-ethyl adjacent to an activating group) is 1. The molecule has 3 aromatic carbocycles. The first-order valence-electron chi connectivity index (χ1n) is 9.41. The van der Waals surface area contributed by atoms with Gasteiger partial charge in [0, 0.05) is 30.6 Å². The van der Waals surface area contributed by atoms with Gasteiger partial charge in [-0.2, -0.15) is 8.42 Å². The van der Waals surface area contributed by atoms with Crippen LogP contribution in [0.1, 0.15) is 23.0 Å². The van der Waals surface area contributed by atoms with E-state index >= 15 is 0 Å². The van der Waals surface area contributed by atoms with Crippen LogP contribution in [-0.4, -0.2) is 37.4 Å². The topological polar surface area (TPSA) is 83.6 Å². The summed E-state index contributed by atoms with van der Waals surface area (Å²) in [5, 5.41) is 1.03. The number of hydrogen-bond acceptors (Lipinski definition) is 4. The Balaban J connectivity index is 1.76. The highest BCUT2D eigenvalue weighted by molar-refractivity contribution is 7.86. The van der Waals surface area contributed by atoms with E-state index in [9.17, 15) is 13.0 Å². The molecule has 1 aliphatic heterocycles. The number of hydrogen-bond donors (Lipinski definition) is 2. The second-order valence-electron chi connectivity index (χ2n) is 7.84. The Morgan fingerprint density at radius 1 is 0.893 bits per heavy atom. The monoisotopic (exact) mass is 394 g/mol. The van der Waals surface area contributed by atoms with Gasteiger partial charge in [-0.1, -0.05) is 60.7 Å². The molecule has 0 aromatic heterocycles. The summed E-state index contributed by atoms with van der Waals surface area (Å²) in [6.45, 7) is 0. The summed E-state index contributed by atoms with van der Waals surface area (Å²) in [7, 11) is -2.37. The maximum atomic E-state index is 12.6. The van der Waals surface area contributed by atoms with Crippen molar-refractivity contribution < 1.29 is 13.0 Å². The second kappa shape index (κ2) is 6.04. The molecule has 5 unspecified atom stereocenters. The average molecular weight is 394 g/mol. The molecule has 3 aromatic rings. The standard InChI is InChI=1S/C22H22N2O3S/c1-24-17-12-5-4-10-16(17)19-21(24)20(23)18(22(19)28(25,26)27)15-11-6-8-13-7-2-3-9-14(13)15/h2-12,18-22H,23H2,1H3,(H,25,26,27). The fourth-order valence-electron chi connectivity index (χ4n) is 5.50. The van der Waals surface area contributed by atoms with Crippen LogP contribution in [0.3, 0.4) is 0 Å². The predicted molar refractivity (Wildman–Crippen MR) is 111 cm³/mol. The minimum atomic E-state index is -4.33. The lowest BCUT2D eigenvalue weighted by molar-refractivity contribution is 0.452. The normalized spacial score (nSPS) is 29.1. The Kier molecular flexibility index (Phi) is 3.81. The van der Waals surface area contributed by atoms with Crippen molar-refractivity contribution in [3.63, 3.8) is 0 Å². The van der Waals surface area contributed by atoms with Gasteiger partial charge >= 0.3 is 0 Å². The molecule has 5 atom stereocenters.